The minimum Gasteiger partial charge on any atom is -1.00 e. The molecule has 0 aliphatic carbocycles. The molecule has 30 valence electrons. The first-order valence-corrected chi connectivity index (χ1v) is 0. The van der Waals surface area contributed by atoms with Gasteiger partial charge in [0, 0.05) is 16.8 Å². The van der Waals surface area contributed by atoms with Crippen LogP contribution in [0.1, 0.15) is 0 Å². The summed E-state index contributed by atoms with van der Waals surface area (Å²) in [6, 6.07) is 0. The zero-order valence-electron chi connectivity index (χ0n) is 1.47. The number of rotatable bonds is 0. The van der Waals surface area contributed by atoms with Gasteiger partial charge in [0.25, 0.3) is 0 Å². The van der Waals surface area contributed by atoms with Crippen LogP contribution in [0.3, 0.4) is 0 Å². The van der Waals surface area contributed by atoms with Crippen molar-refractivity contribution in [3.63, 3.8) is 0 Å². The molecule has 0 fully saturated rings. The molecule has 0 aromatic carbocycles. The van der Waals surface area contributed by atoms with Crippen LogP contribution in [0.4, 0.5) is 0 Å². The predicted octanol–water partition coefficient (Wildman–Crippen LogP) is -6.00. The average Bonchev–Trinajstić information content (AvgIpc) is 0. The van der Waals surface area contributed by atoms with Crippen LogP contribution in [-0.4, -0.2) is 0 Å². The van der Waals surface area contributed by atoms with Crippen molar-refractivity contribution in [1.29, 1.82) is 0 Å². The molecule has 0 aliphatic rings. The van der Waals surface area contributed by atoms with E-state index < -0.39 is 0 Å². The summed E-state index contributed by atoms with van der Waals surface area (Å²) in [5.74, 6) is 0. The van der Waals surface area contributed by atoms with Gasteiger partial charge in [0.1, 0.15) is 0 Å². The van der Waals surface area contributed by atoms with Crippen LogP contribution >= 0.6 is 0 Å². The Balaban J connectivity index is 0. The summed E-state index contributed by atoms with van der Waals surface area (Å²) < 4.78 is 0. The van der Waals surface area contributed by atoms with Crippen molar-refractivity contribution >= 4 is 0 Å². The maximum atomic E-state index is 0. The Morgan fingerprint density at radius 2 is 0.750 bits per heavy atom. The Morgan fingerprint density at radius 3 is 0.750 bits per heavy atom. The molecule has 0 saturated heterocycles. The Kier molecular flexibility index (Phi) is 189. The normalized spacial score (nSPS) is 0. The van der Waals surface area contributed by atoms with Gasteiger partial charge in [-0.15, -0.1) is 0 Å². The van der Waals surface area contributed by atoms with E-state index in [9.17, 15) is 0 Å². The molecule has 0 unspecified atom stereocenters. The molecule has 0 bridgehead atoms. The predicted molar refractivity (Wildman–Crippen MR) is 0 cm³/mol. The van der Waals surface area contributed by atoms with Crippen LogP contribution in [0.5, 0.6) is 0 Å². The third-order valence-corrected chi connectivity index (χ3v) is 0. The molecule has 0 rings (SSSR count). The minimum absolute atomic E-state index is 0. The number of halogens is 2. The number of hydrogen-bond acceptors (Lipinski definition) is 0. The molecule has 0 N–H and O–H groups in total. The smallest absolute Gasteiger partial charge is 1.00 e. The molecule has 2 radical (unpaired) electrons. The first-order valence-electron chi connectivity index (χ1n) is 0. The monoisotopic (exact) mass is 272 g/mol. The van der Waals surface area contributed by atoms with Crippen LogP contribution in [0.2, 0.25) is 0 Å². The van der Waals surface area contributed by atoms with Crippen molar-refractivity contribution in [2.24, 2.45) is 0 Å². The Hall–Kier alpha value is 1.99. The second-order valence-corrected chi connectivity index (χ2v) is 0. The molecule has 0 spiro atoms. The third kappa shape index (κ3) is 9.01. The maximum absolute atomic E-state index is 0. The standard InChI is InChI=1S/2BrH.Co.Mn/h2*1H;;/q;;;+2/p-2. The topological polar surface area (TPSA) is 0 Å². The van der Waals surface area contributed by atoms with Crippen molar-refractivity contribution in [2.75, 3.05) is 0 Å². The van der Waals surface area contributed by atoms with E-state index in [0.29, 0.717) is 0 Å². The molecule has 0 atom stereocenters. The second kappa shape index (κ2) is 20.1. The van der Waals surface area contributed by atoms with Gasteiger partial charge in [-0.2, -0.15) is 0 Å². The Bertz CT molecular complexity index is 6.00. The van der Waals surface area contributed by atoms with Gasteiger partial charge in [-0.25, -0.2) is 0 Å². The summed E-state index contributed by atoms with van der Waals surface area (Å²) in [6.07, 6.45) is 0. The maximum Gasteiger partial charge on any atom is 2.00 e. The van der Waals surface area contributed by atoms with Crippen LogP contribution in [-0.2, 0) is 33.8 Å². The minimum atomic E-state index is 0. The molecule has 0 saturated carbocycles. The van der Waals surface area contributed by atoms with E-state index in [-0.39, 0.29) is 67.8 Å². The molecular weight excluding hydrogens is 274 g/mol. The molecule has 0 aromatic rings. The Labute approximate surface area is 67.3 Å². The van der Waals surface area contributed by atoms with E-state index in [0.717, 1.165) is 0 Å². The summed E-state index contributed by atoms with van der Waals surface area (Å²) in [5.41, 5.74) is 0. The van der Waals surface area contributed by atoms with E-state index in [1.807, 2.05) is 0 Å². The zero-order valence-corrected chi connectivity index (χ0v) is 6.86. The van der Waals surface area contributed by atoms with Gasteiger partial charge in [0.2, 0.25) is 0 Å². The average molecular weight is 274 g/mol. The van der Waals surface area contributed by atoms with Gasteiger partial charge in [0.05, 0.1) is 0 Å². The van der Waals surface area contributed by atoms with Gasteiger partial charge < -0.3 is 34.0 Å². The molecule has 0 nitrogen and oxygen atoms in total. The van der Waals surface area contributed by atoms with E-state index in [1.165, 1.54) is 0 Å². The Morgan fingerprint density at radius 1 is 0.750 bits per heavy atom. The van der Waals surface area contributed by atoms with Gasteiger partial charge in [-0.3, -0.25) is 0 Å². The second-order valence-electron chi connectivity index (χ2n) is 0. The number of hydrogen-bond donors (Lipinski definition) is 0. The fourth-order valence-corrected chi connectivity index (χ4v) is 0. The van der Waals surface area contributed by atoms with Crippen LogP contribution in [0.15, 0.2) is 0 Å². The summed E-state index contributed by atoms with van der Waals surface area (Å²) in [7, 11) is 0. The first-order chi connectivity index (χ1) is 0. The van der Waals surface area contributed by atoms with Crippen molar-refractivity contribution in [1.82, 2.24) is 0 Å². The third-order valence-electron chi connectivity index (χ3n) is 0. The fraction of sp³-hybridized carbons (Fsp3) is 0. The molecule has 0 aromatic heterocycles. The van der Waals surface area contributed by atoms with Crippen molar-refractivity contribution in [3.05, 3.63) is 0 Å². The van der Waals surface area contributed by atoms with Crippen molar-refractivity contribution in [2.45, 2.75) is 0 Å². The first kappa shape index (κ1) is 37.7. The van der Waals surface area contributed by atoms with Crippen LogP contribution in [0.25, 0.3) is 0 Å². The van der Waals surface area contributed by atoms with Crippen LogP contribution < -0.4 is 34.0 Å². The summed E-state index contributed by atoms with van der Waals surface area (Å²) >= 11 is 0. The largest absolute Gasteiger partial charge is 2.00 e. The molecule has 0 amide bonds. The van der Waals surface area contributed by atoms with E-state index in [1.54, 1.807) is 0 Å². The molecule has 4 heavy (non-hydrogen) atoms. The molecule has 4 heteroatoms. The van der Waals surface area contributed by atoms with Crippen molar-refractivity contribution < 1.29 is 67.8 Å². The zero-order chi connectivity index (χ0) is 0. The summed E-state index contributed by atoms with van der Waals surface area (Å²) in [6.45, 7) is 0. The van der Waals surface area contributed by atoms with Gasteiger partial charge in [-0.1, -0.05) is 0 Å². The van der Waals surface area contributed by atoms with E-state index in [4.69, 9.17) is 0 Å². The molecule has 0 aliphatic heterocycles. The quantitative estimate of drug-likeness (QED) is 0.386. The van der Waals surface area contributed by atoms with Gasteiger partial charge >= 0.3 is 17.1 Å². The molecule has 0 heterocycles. The fourth-order valence-electron chi connectivity index (χ4n) is 0. The van der Waals surface area contributed by atoms with Gasteiger partial charge in [-0.05, 0) is 0 Å². The van der Waals surface area contributed by atoms with Crippen LogP contribution in [0, 0.1) is 0 Å². The van der Waals surface area contributed by atoms with E-state index >= 15 is 0 Å². The van der Waals surface area contributed by atoms with Crippen molar-refractivity contribution in [3.8, 4) is 0 Å². The SMILES string of the molecule is [Br-].[Br-].[Co].[Mn+2]. The summed E-state index contributed by atoms with van der Waals surface area (Å²) in [5, 5.41) is 0. The molecular formula is Br2CoMn. The van der Waals surface area contributed by atoms with E-state index in [2.05, 4.69) is 0 Å². The van der Waals surface area contributed by atoms with Gasteiger partial charge in [0.15, 0.2) is 0 Å². The summed E-state index contributed by atoms with van der Waals surface area (Å²) in [4.78, 5) is 0.